The number of hydrogen-bond acceptors (Lipinski definition) is 4. The number of aldehydes is 1. The average Bonchev–Trinajstić information content (AvgIpc) is 2.04. The molecule has 78 valence electrons. The van der Waals surface area contributed by atoms with Gasteiger partial charge < -0.3 is 19.0 Å². The highest BCUT2D eigenvalue weighted by atomic mass is 16.7. The Kier molecular flexibility index (Phi) is 6.76. The van der Waals surface area contributed by atoms with E-state index in [9.17, 15) is 4.79 Å². The number of rotatable bonds is 8. The van der Waals surface area contributed by atoms with Gasteiger partial charge in [-0.15, -0.1) is 0 Å². The molecule has 0 N–H and O–H groups in total. The molecule has 13 heavy (non-hydrogen) atoms. The van der Waals surface area contributed by atoms with Gasteiger partial charge in [0.2, 0.25) is 0 Å². The lowest BCUT2D eigenvalue weighted by atomic mass is 10.1. The average molecular weight is 190 g/mol. The molecule has 0 rings (SSSR count). The van der Waals surface area contributed by atoms with Gasteiger partial charge in [-0.05, 0) is 13.8 Å². The molecular weight excluding hydrogens is 172 g/mol. The third-order valence-corrected chi connectivity index (χ3v) is 1.54. The smallest absolute Gasteiger partial charge is 0.147 e. The summed E-state index contributed by atoms with van der Waals surface area (Å²) in [4.78, 5) is 10.2. The van der Waals surface area contributed by atoms with Gasteiger partial charge in [0.25, 0.3) is 0 Å². The Morgan fingerprint density at radius 3 is 2.54 bits per heavy atom. The maximum Gasteiger partial charge on any atom is 0.147 e. The molecule has 0 fully saturated rings. The van der Waals surface area contributed by atoms with Crippen LogP contribution in [0.5, 0.6) is 0 Å². The monoisotopic (exact) mass is 190 g/mol. The zero-order valence-electron chi connectivity index (χ0n) is 8.54. The molecule has 0 aromatic heterocycles. The summed E-state index contributed by atoms with van der Waals surface area (Å²) < 4.78 is 15.2. The zero-order valence-corrected chi connectivity index (χ0v) is 8.54. The van der Waals surface area contributed by atoms with Crippen LogP contribution in [0.1, 0.15) is 20.3 Å². The van der Waals surface area contributed by atoms with Gasteiger partial charge in [0.05, 0.1) is 18.8 Å². The SMILES string of the molecule is COCCOCOC(C)(C)CC=O. The van der Waals surface area contributed by atoms with E-state index in [1.165, 1.54) is 0 Å². The number of carbonyl (C=O) groups excluding carboxylic acids is 1. The van der Waals surface area contributed by atoms with Crippen molar-refractivity contribution >= 4 is 6.29 Å². The van der Waals surface area contributed by atoms with Crippen LogP contribution in [0.3, 0.4) is 0 Å². The topological polar surface area (TPSA) is 44.8 Å². The van der Waals surface area contributed by atoms with Crippen LogP contribution in [-0.4, -0.2) is 39.0 Å². The van der Waals surface area contributed by atoms with Gasteiger partial charge in [0.15, 0.2) is 0 Å². The van der Waals surface area contributed by atoms with Gasteiger partial charge in [-0.1, -0.05) is 0 Å². The second-order valence-electron chi connectivity index (χ2n) is 3.29. The molecule has 0 aromatic rings. The van der Waals surface area contributed by atoms with Crippen LogP contribution in [0.15, 0.2) is 0 Å². The molecule has 0 aromatic carbocycles. The van der Waals surface area contributed by atoms with Crippen LogP contribution < -0.4 is 0 Å². The largest absolute Gasteiger partial charge is 0.382 e. The molecule has 0 amide bonds. The van der Waals surface area contributed by atoms with Gasteiger partial charge in [-0.2, -0.15) is 0 Å². The molecule has 0 atom stereocenters. The molecule has 0 saturated carbocycles. The van der Waals surface area contributed by atoms with Crippen LogP contribution in [0.4, 0.5) is 0 Å². The van der Waals surface area contributed by atoms with Crippen molar-refractivity contribution < 1.29 is 19.0 Å². The summed E-state index contributed by atoms with van der Waals surface area (Å²) in [5.41, 5.74) is -0.436. The minimum Gasteiger partial charge on any atom is -0.382 e. The molecule has 4 nitrogen and oxygen atoms in total. The Bertz CT molecular complexity index is 134. The second-order valence-corrected chi connectivity index (χ2v) is 3.29. The number of methoxy groups -OCH3 is 1. The van der Waals surface area contributed by atoms with E-state index >= 15 is 0 Å². The van der Waals surface area contributed by atoms with E-state index in [0.717, 1.165) is 6.29 Å². The third kappa shape index (κ3) is 7.90. The Morgan fingerprint density at radius 2 is 2.00 bits per heavy atom. The summed E-state index contributed by atoms with van der Waals surface area (Å²) in [6.45, 7) is 4.96. The van der Waals surface area contributed by atoms with E-state index < -0.39 is 5.60 Å². The van der Waals surface area contributed by atoms with Crippen molar-refractivity contribution in [2.75, 3.05) is 27.1 Å². The molecule has 0 aliphatic carbocycles. The third-order valence-electron chi connectivity index (χ3n) is 1.54. The first-order valence-electron chi connectivity index (χ1n) is 4.26. The van der Waals surface area contributed by atoms with E-state index in [2.05, 4.69) is 0 Å². The van der Waals surface area contributed by atoms with Crippen molar-refractivity contribution in [3.8, 4) is 0 Å². The lowest BCUT2D eigenvalue weighted by Gasteiger charge is -2.22. The zero-order chi connectivity index (χ0) is 10.2. The molecule has 0 heterocycles. The highest BCUT2D eigenvalue weighted by molar-refractivity contribution is 5.51. The molecule has 0 spiro atoms. The fourth-order valence-corrected chi connectivity index (χ4v) is 0.662. The molecule has 0 saturated heterocycles. The molecule has 0 bridgehead atoms. The highest BCUT2D eigenvalue weighted by Crippen LogP contribution is 2.11. The fourth-order valence-electron chi connectivity index (χ4n) is 0.662. The minimum atomic E-state index is -0.436. The van der Waals surface area contributed by atoms with Crippen LogP contribution >= 0.6 is 0 Å². The predicted octanol–water partition coefficient (Wildman–Crippen LogP) is 0.991. The van der Waals surface area contributed by atoms with Crippen molar-refractivity contribution in [2.24, 2.45) is 0 Å². The summed E-state index contributed by atoms with van der Waals surface area (Å²) >= 11 is 0. The fraction of sp³-hybridized carbons (Fsp3) is 0.889. The Labute approximate surface area is 79.2 Å². The van der Waals surface area contributed by atoms with Gasteiger partial charge in [-0.3, -0.25) is 0 Å². The Hall–Kier alpha value is -0.450. The van der Waals surface area contributed by atoms with Crippen LogP contribution in [0.25, 0.3) is 0 Å². The molecule has 4 heteroatoms. The van der Waals surface area contributed by atoms with E-state index in [1.54, 1.807) is 7.11 Å². The van der Waals surface area contributed by atoms with Crippen molar-refractivity contribution in [1.29, 1.82) is 0 Å². The maximum absolute atomic E-state index is 10.2. The van der Waals surface area contributed by atoms with Crippen LogP contribution in [0, 0.1) is 0 Å². The van der Waals surface area contributed by atoms with Crippen molar-refractivity contribution in [2.45, 2.75) is 25.9 Å². The summed E-state index contributed by atoms with van der Waals surface area (Å²) in [5.74, 6) is 0. The Morgan fingerprint density at radius 1 is 1.31 bits per heavy atom. The van der Waals surface area contributed by atoms with Crippen LogP contribution in [-0.2, 0) is 19.0 Å². The summed E-state index contributed by atoms with van der Waals surface area (Å²) in [5, 5.41) is 0. The van der Waals surface area contributed by atoms with E-state index in [4.69, 9.17) is 14.2 Å². The number of carbonyl (C=O) groups is 1. The van der Waals surface area contributed by atoms with E-state index in [0.29, 0.717) is 19.6 Å². The molecule has 0 aliphatic rings. The standard InChI is InChI=1S/C9H18O4/c1-9(2,4-5-10)13-8-12-7-6-11-3/h5H,4,6-8H2,1-3H3. The van der Waals surface area contributed by atoms with Gasteiger partial charge in [0.1, 0.15) is 13.1 Å². The second kappa shape index (κ2) is 7.00. The summed E-state index contributed by atoms with van der Waals surface area (Å²) in [6, 6.07) is 0. The molecule has 0 unspecified atom stereocenters. The van der Waals surface area contributed by atoms with E-state index in [1.807, 2.05) is 13.8 Å². The number of ether oxygens (including phenoxy) is 3. The van der Waals surface area contributed by atoms with Gasteiger partial charge in [0, 0.05) is 13.5 Å². The lowest BCUT2D eigenvalue weighted by molar-refractivity contribution is -0.140. The minimum absolute atomic E-state index is 0.199. The predicted molar refractivity (Wildman–Crippen MR) is 48.5 cm³/mol. The first kappa shape index (κ1) is 12.6. The summed E-state index contributed by atoms with van der Waals surface area (Å²) in [7, 11) is 1.61. The van der Waals surface area contributed by atoms with Gasteiger partial charge in [-0.25, -0.2) is 0 Å². The van der Waals surface area contributed by atoms with Crippen molar-refractivity contribution in [1.82, 2.24) is 0 Å². The number of hydrogen-bond donors (Lipinski definition) is 0. The molecular formula is C9H18O4. The Balaban J connectivity index is 3.34. The van der Waals surface area contributed by atoms with Crippen molar-refractivity contribution in [3.05, 3.63) is 0 Å². The van der Waals surface area contributed by atoms with E-state index in [-0.39, 0.29) is 6.79 Å². The lowest BCUT2D eigenvalue weighted by Crippen LogP contribution is -2.26. The molecule has 0 aliphatic heterocycles. The quantitative estimate of drug-likeness (QED) is 0.325. The normalized spacial score (nSPS) is 11.6. The highest BCUT2D eigenvalue weighted by Gasteiger charge is 2.17. The first-order chi connectivity index (χ1) is 6.12. The summed E-state index contributed by atoms with van der Waals surface area (Å²) in [6.07, 6.45) is 1.22. The van der Waals surface area contributed by atoms with Crippen molar-refractivity contribution in [3.63, 3.8) is 0 Å². The van der Waals surface area contributed by atoms with Gasteiger partial charge >= 0.3 is 0 Å². The molecule has 0 radical (unpaired) electrons. The maximum atomic E-state index is 10.2. The first-order valence-corrected chi connectivity index (χ1v) is 4.26. The van der Waals surface area contributed by atoms with Crippen LogP contribution in [0.2, 0.25) is 0 Å².